The second kappa shape index (κ2) is 11.8. The lowest BCUT2D eigenvalue weighted by Crippen LogP contribution is -1.98. The summed E-state index contributed by atoms with van der Waals surface area (Å²) in [6, 6.07) is 0. The van der Waals surface area contributed by atoms with E-state index in [0.29, 0.717) is 18.6 Å². The van der Waals surface area contributed by atoms with Crippen LogP contribution in [0.5, 0.6) is 0 Å². The second-order valence-corrected chi connectivity index (χ2v) is 4.97. The van der Waals surface area contributed by atoms with Gasteiger partial charge in [-0.25, -0.2) is 0 Å². The SMILES string of the molecule is CCCCCCCCC(=O)CCCCC(C)=O. The Bertz CT molecular complexity index is 209. The molecule has 0 unspecified atom stereocenters. The Kier molecular flexibility index (Phi) is 11.4. The number of hydrogen-bond acceptors (Lipinski definition) is 2. The van der Waals surface area contributed by atoms with Crippen molar-refractivity contribution in [3.8, 4) is 0 Å². The average Bonchev–Trinajstić information content (AvgIpc) is 2.29. The zero-order valence-electron chi connectivity index (χ0n) is 11.6. The predicted octanol–water partition coefficient (Wildman–Crippen LogP) is 4.46. The molecule has 0 amide bonds. The Balaban J connectivity index is 3.20. The van der Waals surface area contributed by atoms with Crippen LogP contribution in [0.25, 0.3) is 0 Å². The van der Waals surface area contributed by atoms with Crippen LogP contribution in [0.4, 0.5) is 0 Å². The van der Waals surface area contributed by atoms with Crippen LogP contribution in [-0.4, -0.2) is 11.6 Å². The lowest BCUT2D eigenvalue weighted by Gasteiger charge is -2.01. The van der Waals surface area contributed by atoms with E-state index in [-0.39, 0.29) is 5.78 Å². The molecule has 0 aromatic carbocycles. The molecule has 100 valence electrons. The lowest BCUT2D eigenvalue weighted by molar-refractivity contribution is -0.120. The molecule has 0 atom stereocenters. The van der Waals surface area contributed by atoms with Gasteiger partial charge in [0.25, 0.3) is 0 Å². The Morgan fingerprint density at radius 2 is 1.18 bits per heavy atom. The Morgan fingerprint density at radius 1 is 0.706 bits per heavy atom. The van der Waals surface area contributed by atoms with Crippen molar-refractivity contribution >= 4 is 11.6 Å². The molecule has 0 fully saturated rings. The molecule has 0 saturated heterocycles. The van der Waals surface area contributed by atoms with Gasteiger partial charge < -0.3 is 4.79 Å². The molecule has 0 aromatic heterocycles. The third-order valence-corrected chi connectivity index (χ3v) is 3.04. The van der Waals surface area contributed by atoms with Crippen molar-refractivity contribution in [2.24, 2.45) is 0 Å². The van der Waals surface area contributed by atoms with E-state index >= 15 is 0 Å². The summed E-state index contributed by atoms with van der Waals surface area (Å²) in [4.78, 5) is 22.2. The van der Waals surface area contributed by atoms with E-state index in [4.69, 9.17) is 0 Å². The van der Waals surface area contributed by atoms with Crippen LogP contribution in [0.2, 0.25) is 0 Å². The van der Waals surface area contributed by atoms with Gasteiger partial charge in [0.1, 0.15) is 11.6 Å². The molecule has 0 aliphatic rings. The number of Topliss-reactive ketones (excluding diaryl/α,β-unsaturated/α-hetero) is 2. The van der Waals surface area contributed by atoms with Crippen LogP contribution >= 0.6 is 0 Å². The summed E-state index contributed by atoms with van der Waals surface area (Å²) in [5.41, 5.74) is 0. The van der Waals surface area contributed by atoms with Crippen molar-refractivity contribution in [1.82, 2.24) is 0 Å². The smallest absolute Gasteiger partial charge is 0.132 e. The lowest BCUT2D eigenvalue weighted by atomic mass is 10.0. The molecule has 2 heteroatoms. The molecule has 0 heterocycles. The van der Waals surface area contributed by atoms with Crippen LogP contribution < -0.4 is 0 Å². The zero-order valence-corrected chi connectivity index (χ0v) is 11.6. The van der Waals surface area contributed by atoms with Crippen molar-refractivity contribution in [1.29, 1.82) is 0 Å². The molecule has 0 spiro atoms. The van der Waals surface area contributed by atoms with E-state index in [1.807, 2.05) is 0 Å². The fraction of sp³-hybridized carbons (Fsp3) is 0.867. The third kappa shape index (κ3) is 13.3. The highest BCUT2D eigenvalue weighted by atomic mass is 16.1. The highest BCUT2D eigenvalue weighted by Crippen LogP contribution is 2.09. The first kappa shape index (κ1) is 16.3. The first-order valence-corrected chi connectivity index (χ1v) is 7.18. The van der Waals surface area contributed by atoms with Gasteiger partial charge in [0, 0.05) is 19.3 Å². The van der Waals surface area contributed by atoms with Crippen molar-refractivity contribution < 1.29 is 9.59 Å². The minimum absolute atomic E-state index is 0.230. The molecule has 0 aromatic rings. The van der Waals surface area contributed by atoms with Gasteiger partial charge in [0.05, 0.1) is 0 Å². The number of ketones is 2. The highest BCUT2D eigenvalue weighted by molar-refractivity contribution is 5.78. The first-order chi connectivity index (χ1) is 8.16. The topological polar surface area (TPSA) is 34.1 Å². The maximum Gasteiger partial charge on any atom is 0.132 e. The van der Waals surface area contributed by atoms with Gasteiger partial charge >= 0.3 is 0 Å². The third-order valence-electron chi connectivity index (χ3n) is 3.04. The Labute approximate surface area is 106 Å². The summed E-state index contributed by atoms with van der Waals surface area (Å²) < 4.78 is 0. The molecule has 0 aliphatic heterocycles. The maximum absolute atomic E-state index is 11.5. The highest BCUT2D eigenvalue weighted by Gasteiger charge is 2.02. The average molecular weight is 240 g/mol. The summed E-state index contributed by atoms with van der Waals surface area (Å²) in [6.45, 7) is 3.82. The van der Waals surface area contributed by atoms with Crippen LogP contribution in [0.3, 0.4) is 0 Å². The van der Waals surface area contributed by atoms with Crippen molar-refractivity contribution in [3.63, 3.8) is 0 Å². The molecule has 0 N–H and O–H groups in total. The minimum atomic E-state index is 0.230. The molecule has 0 aliphatic carbocycles. The predicted molar refractivity (Wildman–Crippen MR) is 72.1 cm³/mol. The molecule has 17 heavy (non-hydrogen) atoms. The van der Waals surface area contributed by atoms with Gasteiger partial charge in [-0.1, -0.05) is 39.0 Å². The van der Waals surface area contributed by atoms with Gasteiger partial charge in [0.2, 0.25) is 0 Å². The monoisotopic (exact) mass is 240 g/mol. The molecule has 0 saturated carbocycles. The van der Waals surface area contributed by atoms with E-state index in [1.54, 1.807) is 6.92 Å². The zero-order chi connectivity index (χ0) is 12.9. The van der Waals surface area contributed by atoms with Crippen LogP contribution in [-0.2, 0) is 9.59 Å². The van der Waals surface area contributed by atoms with Crippen molar-refractivity contribution in [2.75, 3.05) is 0 Å². The standard InChI is InChI=1S/C15H28O2/c1-3-4-5-6-7-8-12-15(17)13-10-9-11-14(2)16/h3-13H2,1-2H3. The molecular weight excluding hydrogens is 212 g/mol. The fourth-order valence-electron chi connectivity index (χ4n) is 1.92. The van der Waals surface area contributed by atoms with Gasteiger partial charge in [-0.3, -0.25) is 4.79 Å². The Morgan fingerprint density at radius 3 is 1.76 bits per heavy atom. The normalized spacial score (nSPS) is 10.5. The number of carbonyl (C=O) groups excluding carboxylic acids is 2. The summed E-state index contributed by atoms with van der Waals surface area (Å²) in [5, 5.41) is 0. The summed E-state index contributed by atoms with van der Waals surface area (Å²) in [6.07, 6.45) is 11.2. The van der Waals surface area contributed by atoms with Gasteiger partial charge in [-0.15, -0.1) is 0 Å². The van der Waals surface area contributed by atoms with Gasteiger partial charge in [0.15, 0.2) is 0 Å². The van der Waals surface area contributed by atoms with Crippen molar-refractivity contribution in [3.05, 3.63) is 0 Å². The summed E-state index contributed by atoms with van der Waals surface area (Å²) in [5.74, 6) is 0.609. The van der Waals surface area contributed by atoms with E-state index in [0.717, 1.165) is 25.7 Å². The summed E-state index contributed by atoms with van der Waals surface area (Å²) >= 11 is 0. The summed E-state index contributed by atoms with van der Waals surface area (Å²) in [7, 11) is 0. The molecule has 0 bridgehead atoms. The number of carbonyl (C=O) groups is 2. The van der Waals surface area contributed by atoms with E-state index < -0.39 is 0 Å². The quantitative estimate of drug-likeness (QED) is 0.472. The minimum Gasteiger partial charge on any atom is -0.300 e. The fourth-order valence-corrected chi connectivity index (χ4v) is 1.92. The van der Waals surface area contributed by atoms with Crippen LogP contribution in [0.1, 0.15) is 84.5 Å². The number of hydrogen-bond donors (Lipinski definition) is 0. The molecular formula is C15H28O2. The molecule has 2 nitrogen and oxygen atoms in total. The van der Waals surface area contributed by atoms with Gasteiger partial charge in [-0.05, 0) is 26.2 Å². The first-order valence-electron chi connectivity index (χ1n) is 7.18. The van der Waals surface area contributed by atoms with Crippen LogP contribution in [0.15, 0.2) is 0 Å². The molecule has 0 radical (unpaired) electrons. The van der Waals surface area contributed by atoms with Gasteiger partial charge in [-0.2, -0.15) is 0 Å². The molecule has 0 rings (SSSR count). The van der Waals surface area contributed by atoms with Crippen molar-refractivity contribution in [2.45, 2.75) is 84.5 Å². The maximum atomic E-state index is 11.5. The van der Waals surface area contributed by atoms with E-state index in [2.05, 4.69) is 6.92 Å². The van der Waals surface area contributed by atoms with E-state index in [9.17, 15) is 9.59 Å². The van der Waals surface area contributed by atoms with Crippen LogP contribution in [0, 0.1) is 0 Å². The number of unbranched alkanes of at least 4 members (excludes halogenated alkanes) is 6. The largest absolute Gasteiger partial charge is 0.300 e. The second-order valence-electron chi connectivity index (χ2n) is 4.97. The Hall–Kier alpha value is -0.660. The number of rotatable bonds is 12. The van der Waals surface area contributed by atoms with E-state index in [1.165, 1.54) is 32.1 Å².